The minimum Gasteiger partial charge on any atom is -0.297 e. The van der Waals surface area contributed by atoms with Crippen LogP contribution < -0.4 is 0 Å². The van der Waals surface area contributed by atoms with Crippen molar-refractivity contribution in [2.75, 3.05) is 14.1 Å². The topological polar surface area (TPSA) is 46.9 Å². The van der Waals surface area contributed by atoms with Crippen molar-refractivity contribution in [3.05, 3.63) is 0 Å². The first-order valence-electron chi connectivity index (χ1n) is 1.49. The van der Waals surface area contributed by atoms with Crippen molar-refractivity contribution < 1.29 is 10.4 Å². The average Bonchev–Trinajstić information content (AvgIpc) is 1.36. The first kappa shape index (κ1) is 5.84. The molecule has 0 atom stereocenters. The van der Waals surface area contributed by atoms with E-state index in [1.54, 1.807) is 0 Å². The molecule has 0 aromatic rings. The molecule has 0 aliphatic heterocycles. The highest BCUT2D eigenvalue weighted by Crippen LogP contribution is 1.71. The fourth-order valence-corrected chi connectivity index (χ4v) is 0. The molecule has 0 amide bonds. The Hall–Kier alpha value is -0.160. The van der Waals surface area contributed by atoms with Crippen LogP contribution in [0.2, 0.25) is 0 Å². The molecule has 4 heteroatoms. The van der Waals surface area contributed by atoms with Gasteiger partial charge in [0, 0.05) is 14.1 Å². The summed E-state index contributed by atoms with van der Waals surface area (Å²) in [7, 11) is 2.61. The quantitative estimate of drug-likeness (QED) is 0.430. The molecule has 0 unspecified atom stereocenters. The molecule has 0 aliphatic rings. The molecule has 0 saturated heterocycles. The first-order chi connectivity index (χ1) is 2.64. The Morgan fingerprint density at radius 2 is 1.17 bits per heavy atom. The summed E-state index contributed by atoms with van der Waals surface area (Å²) in [5.41, 5.74) is 0. The molecule has 0 bridgehead atoms. The summed E-state index contributed by atoms with van der Waals surface area (Å²) in [6, 6.07) is 0. The molecule has 0 spiro atoms. The van der Waals surface area contributed by atoms with E-state index in [-0.39, 0.29) is 0 Å². The number of hydrogen-bond donors (Lipinski definition) is 2. The van der Waals surface area contributed by atoms with Gasteiger partial charge in [0.05, 0.1) is 0 Å². The van der Waals surface area contributed by atoms with Gasteiger partial charge < -0.3 is 0 Å². The van der Waals surface area contributed by atoms with Crippen molar-refractivity contribution in [1.82, 2.24) is 10.3 Å². The highest BCUT2D eigenvalue weighted by atomic mass is 16.7. The van der Waals surface area contributed by atoms with E-state index in [0.717, 1.165) is 0 Å². The van der Waals surface area contributed by atoms with E-state index in [9.17, 15) is 0 Å². The predicted molar refractivity (Wildman–Crippen MR) is 19.1 cm³/mol. The van der Waals surface area contributed by atoms with E-state index in [1.165, 1.54) is 14.1 Å². The summed E-state index contributed by atoms with van der Waals surface area (Å²) in [5.74, 6) is 0. The van der Waals surface area contributed by atoms with E-state index in [0.29, 0.717) is 10.3 Å². The molecule has 2 N–H and O–H groups in total. The third kappa shape index (κ3) is 2.10. The Morgan fingerprint density at radius 3 is 1.17 bits per heavy atom. The maximum absolute atomic E-state index is 8.14. The van der Waals surface area contributed by atoms with Crippen molar-refractivity contribution in [1.29, 1.82) is 0 Å². The normalized spacial score (nSPS) is 11.0. The summed E-state index contributed by atoms with van der Waals surface area (Å²) in [6.45, 7) is 0. The Kier molecular flexibility index (Phi) is 2.04. The standard InChI is InChI=1S/C2H8N2O2/c1-3(5)4(2)6/h5-6H,1-2H3. The van der Waals surface area contributed by atoms with Crippen molar-refractivity contribution in [3.63, 3.8) is 0 Å². The lowest BCUT2D eigenvalue weighted by Gasteiger charge is -2.12. The minimum atomic E-state index is 0.556. The Balaban J connectivity index is 2.99. The SMILES string of the molecule is CN(O)N(C)O. The van der Waals surface area contributed by atoms with Gasteiger partial charge in [-0.2, -0.15) is 0 Å². The number of hydrogen-bond acceptors (Lipinski definition) is 4. The lowest BCUT2D eigenvalue weighted by atomic mass is 11.3. The second-order valence-electron chi connectivity index (χ2n) is 0.979. The third-order valence-electron chi connectivity index (χ3n) is 0.419. The van der Waals surface area contributed by atoms with Crippen LogP contribution in [0.25, 0.3) is 0 Å². The number of rotatable bonds is 1. The number of hydrazine groups is 1. The maximum atomic E-state index is 8.14. The van der Waals surface area contributed by atoms with Gasteiger partial charge in [0.1, 0.15) is 0 Å². The van der Waals surface area contributed by atoms with Crippen LogP contribution in [0.1, 0.15) is 0 Å². The van der Waals surface area contributed by atoms with Crippen molar-refractivity contribution in [2.24, 2.45) is 0 Å². The largest absolute Gasteiger partial charge is 0.297 e. The van der Waals surface area contributed by atoms with Gasteiger partial charge in [-0.25, -0.2) is 0 Å². The second-order valence-corrected chi connectivity index (χ2v) is 0.979. The maximum Gasteiger partial charge on any atom is 0.0310 e. The molecule has 0 saturated carbocycles. The number of nitrogens with zero attached hydrogens (tertiary/aromatic N) is 2. The van der Waals surface area contributed by atoms with Crippen LogP contribution in [0, 0.1) is 0 Å². The van der Waals surface area contributed by atoms with Crippen LogP contribution >= 0.6 is 0 Å². The average molecular weight is 92.1 g/mol. The van der Waals surface area contributed by atoms with Crippen LogP contribution in [0.4, 0.5) is 0 Å². The minimum absolute atomic E-state index is 0.556. The van der Waals surface area contributed by atoms with Crippen LogP contribution in [-0.4, -0.2) is 34.9 Å². The summed E-state index contributed by atoms with van der Waals surface area (Å²) in [6.07, 6.45) is 0. The van der Waals surface area contributed by atoms with E-state index in [2.05, 4.69) is 0 Å². The zero-order valence-corrected chi connectivity index (χ0v) is 3.79. The summed E-state index contributed by atoms with van der Waals surface area (Å²) < 4.78 is 0. The molecule has 4 nitrogen and oxygen atoms in total. The molecule has 38 valence electrons. The molecular weight excluding hydrogens is 84.0 g/mol. The van der Waals surface area contributed by atoms with Gasteiger partial charge in [0.25, 0.3) is 0 Å². The van der Waals surface area contributed by atoms with Crippen LogP contribution in [-0.2, 0) is 0 Å². The highest BCUT2D eigenvalue weighted by molar-refractivity contribution is 3.98. The van der Waals surface area contributed by atoms with Crippen molar-refractivity contribution in [3.8, 4) is 0 Å². The molecule has 0 aromatic heterocycles. The van der Waals surface area contributed by atoms with Crippen molar-refractivity contribution >= 4 is 0 Å². The third-order valence-corrected chi connectivity index (χ3v) is 0.419. The monoisotopic (exact) mass is 92.1 g/mol. The lowest BCUT2D eigenvalue weighted by molar-refractivity contribution is -0.341. The molecule has 0 fully saturated rings. The molecule has 0 aliphatic carbocycles. The van der Waals surface area contributed by atoms with Crippen LogP contribution in [0.5, 0.6) is 0 Å². The second kappa shape index (κ2) is 2.09. The molecule has 6 heavy (non-hydrogen) atoms. The van der Waals surface area contributed by atoms with E-state index >= 15 is 0 Å². The zero-order chi connectivity index (χ0) is 5.15. The summed E-state index contributed by atoms with van der Waals surface area (Å²) >= 11 is 0. The lowest BCUT2D eigenvalue weighted by Crippen LogP contribution is -2.29. The van der Waals surface area contributed by atoms with Crippen LogP contribution in [0.15, 0.2) is 0 Å². The molecule has 0 heterocycles. The van der Waals surface area contributed by atoms with Gasteiger partial charge in [-0.1, -0.05) is 0 Å². The van der Waals surface area contributed by atoms with Gasteiger partial charge >= 0.3 is 0 Å². The van der Waals surface area contributed by atoms with E-state index < -0.39 is 0 Å². The zero-order valence-electron chi connectivity index (χ0n) is 3.79. The Morgan fingerprint density at radius 1 is 1.00 bits per heavy atom. The predicted octanol–water partition coefficient (Wildman–Crippen LogP) is -0.457. The smallest absolute Gasteiger partial charge is 0.0310 e. The van der Waals surface area contributed by atoms with Gasteiger partial charge in [-0.3, -0.25) is 10.4 Å². The summed E-state index contributed by atoms with van der Waals surface area (Å²) in [5, 5.41) is 17.4. The Bertz CT molecular complexity index is 30.5. The van der Waals surface area contributed by atoms with E-state index in [4.69, 9.17) is 10.4 Å². The first-order valence-corrected chi connectivity index (χ1v) is 1.49. The molecule has 0 rings (SSSR count). The molecular formula is C2H8N2O2. The fraction of sp³-hybridized carbons (Fsp3) is 1.00. The van der Waals surface area contributed by atoms with Crippen LogP contribution in [0.3, 0.4) is 0 Å². The Labute approximate surface area is 36.1 Å². The summed E-state index contributed by atoms with van der Waals surface area (Å²) in [4.78, 5) is 0. The number of hydroxylamine groups is 2. The highest BCUT2D eigenvalue weighted by Gasteiger charge is 1.89. The van der Waals surface area contributed by atoms with Gasteiger partial charge in [0.15, 0.2) is 0 Å². The van der Waals surface area contributed by atoms with E-state index in [1.807, 2.05) is 0 Å². The molecule has 0 aromatic carbocycles. The van der Waals surface area contributed by atoms with Crippen molar-refractivity contribution in [2.45, 2.75) is 0 Å². The molecule has 0 radical (unpaired) electrons. The van der Waals surface area contributed by atoms with Gasteiger partial charge in [-0.05, 0) is 0 Å². The fourth-order valence-electron chi connectivity index (χ4n) is 0. The van der Waals surface area contributed by atoms with Gasteiger partial charge in [-0.15, -0.1) is 10.3 Å². The van der Waals surface area contributed by atoms with Gasteiger partial charge in [0.2, 0.25) is 0 Å².